The first-order valence-electron chi connectivity index (χ1n) is 7.65. The molecule has 1 aliphatic rings. The van der Waals surface area contributed by atoms with E-state index in [0.717, 1.165) is 0 Å². The molecule has 1 aliphatic heterocycles. The molecule has 9 nitrogen and oxygen atoms in total. The van der Waals surface area contributed by atoms with Crippen LogP contribution in [0.1, 0.15) is 20.8 Å². The highest BCUT2D eigenvalue weighted by atomic mass is 35.5. The van der Waals surface area contributed by atoms with E-state index in [4.69, 9.17) is 33.5 Å². The highest BCUT2D eigenvalue weighted by molar-refractivity contribution is 6.33. The lowest BCUT2D eigenvalue weighted by atomic mass is 10.1. The third-order valence-electron chi connectivity index (χ3n) is 3.50. The second-order valence-corrected chi connectivity index (χ2v) is 7.28. The van der Waals surface area contributed by atoms with Gasteiger partial charge < -0.3 is 14.5 Å². The van der Waals surface area contributed by atoms with Crippen molar-refractivity contribution in [2.24, 2.45) is 5.11 Å². The van der Waals surface area contributed by atoms with Crippen LogP contribution in [-0.2, 0) is 4.74 Å². The highest BCUT2D eigenvalue weighted by Gasteiger charge is 2.33. The molecule has 0 aromatic carbocycles. The minimum atomic E-state index is -0.583. The van der Waals surface area contributed by atoms with Crippen LogP contribution in [-0.4, -0.2) is 59.0 Å². The van der Waals surface area contributed by atoms with Gasteiger partial charge in [0.2, 0.25) is 0 Å². The number of halogens is 2. The molecule has 0 N–H and O–H groups in total. The SMILES string of the molecule is CC(C)(C)OC(=O)N1CCN(c2cc(Cl)nnc2Cl)C(CN=[N+]=[N-])C1. The summed E-state index contributed by atoms with van der Waals surface area (Å²) in [5, 5.41) is 11.5. The van der Waals surface area contributed by atoms with E-state index in [9.17, 15) is 4.79 Å². The number of carbonyl (C=O) groups excluding carboxylic acids is 1. The predicted molar refractivity (Wildman–Crippen MR) is 95.0 cm³/mol. The second-order valence-electron chi connectivity index (χ2n) is 6.53. The van der Waals surface area contributed by atoms with Crippen molar-refractivity contribution >= 4 is 35.0 Å². The van der Waals surface area contributed by atoms with E-state index in [1.165, 1.54) is 0 Å². The number of amides is 1. The number of hydrogen-bond acceptors (Lipinski definition) is 6. The van der Waals surface area contributed by atoms with E-state index in [1.54, 1.807) is 11.0 Å². The molecule has 1 fully saturated rings. The summed E-state index contributed by atoms with van der Waals surface area (Å²) in [6, 6.07) is 1.32. The number of carbonyl (C=O) groups is 1. The Balaban J connectivity index is 2.21. The third-order valence-corrected chi connectivity index (χ3v) is 3.95. The molecule has 1 aromatic heterocycles. The van der Waals surface area contributed by atoms with Crippen LogP contribution >= 0.6 is 23.2 Å². The van der Waals surface area contributed by atoms with Gasteiger partial charge in [0.15, 0.2) is 10.3 Å². The maximum Gasteiger partial charge on any atom is 0.410 e. The zero-order valence-corrected chi connectivity index (χ0v) is 15.7. The van der Waals surface area contributed by atoms with Crippen LogP contribution in [0.25, 0.3) is 10.4 Å². The first kappa shape index (κ1) is 19.4. The lowest BCUT2D eigenvalue weighted by Crippen LogP contribution is -2.57. The first-order chi connectivity index (χ1) is 11.7. The Kier molecular flexibility index (Phi) is 6.16. The van der Waals surface area contributed by atoms with Gasteiger partial charge in [-0.25, -0.2) is 4.79 Å². The molecule has 1 atom stereocenters. The Morgan fingerprint density at radius 1 is 1.44 bits per heavy atom. The average molecular weight is 388 g/mol. The van der Waals surface area contributed by atoms with Gasteiger partial charge in [0.1, 0.15) is 5.60 Å². The van der Waals surface area contributed by atoms with Crippen molar-refractivity contribution < 1.29 is 9.53 Å². The van der Waals surface area contributed by atoms with Crippen molar-refractivity contribution in [2.45, 2.75) is 32.4 Å². The first-order valence-corrected chi connectivity index (χ1v) is 8.41. The molecule has 25 heavy (non-hydrogen) atoms. The van der Waals surface area contributed by atoms with Crippen molar-refractivity contribution in [2.75, 3.05) is 31.1 Å². The van der Waals surface area contributed by atoms with E-state index in [1.807, 2.05) is 25.7 Å². The quantitative estimate of drug-likeness (QED) is 0.447. The highest BCUT2D eigenvalue weighted by Crippen LogP contribution is 2.29. The van der Waals surface area contributed by atoms with Crippen molar-refractivity contribution in [3.05, 3.63) is 26.8 Å². The molecule has 11 heteroatoms. The summed E-state index contributed by atoms with van der Waals surface area (Å²) in [7, 11) is 0. The molecule has 2 rings (SSSR count). The number of anilines is 1. The molecule has 0 aliphatic carbocycles. The lowest BCUT2D eigenvalue weighted by Gasteiger charge is -2.42. The van der Waals surface area contributed by atoms with Crippen molar-refractivity contribution in [3.8, 4) is 0 Å². The van der Waals surface area contributed by atoms with Crippen LogP contribution in [0.3, 0.4) is 0 Å². The Hall–Kier alpha value is -1.96. The minimum absolute atomic E-state index is 0.159. The largest absolute Gasteiger partial charge is 0.444 e. The van der Waals surface area contributed by atoms with Crippen LogP contribution in [0.4, 0.5) is 10.5 Å². The van der Waals surface area contributed by atoms with Gasteiger partial charge in [-0.2, -0.15) is 0 Å². The lowest BCUT2D eigenvalue weighted by molar-refractivity contribution is 0.0216. The van der Waals surface area contributed by atoms with Crippen LogP contribution < -0.4 is 4.90 Å². The van der Waals surface area contributed by atoms with Crippen LogP contribution in [0.15, 0.2) is 11.2 Å². The number of rotatable bonds is 3. The molecule has 0 saturated carbocycles. The van der Waals surface area contributed by atoms with Gasteiger partial charge in [-0.3, -0.25) is 0 Å². The molecule has 1 amide bonds. The van der Waals surface area contributed by atoms with Gasteiger partial charge >= 0.3 is 6.09 Å². The van der Waals surface area contributed by atoms with Crippen LogP contribution in [0.5, 0.6) is 0 Å². The monoisotopic (exact) mass is 387 g/mol. The number of ether oxygens (including phenoxy) is 1. The van der Waals surface area contributed by atoms with Gasteiger partial charge in [0.25, 0.3) is 0 Å². The summed E-state index contributed by atoms with van der Waals surface area (Å²) in [5.74, 6) is 0. The Morgan fingerprint density at radius 2 is 2.16 bits per heavy atom. The van der Waals surface area contributed by atoms with Crippen LogP contribution in [0.2, 0.25) is 10.3 Å². The van der Waals surface area contributed by atoms with Gasteiger partial charge in [0, 0.05) is 37.2 Å². The normalized spacial score (nSPS) is 17.9. The molecule has 1 unspecified atom stereocenters. The molecule has 136 valence electrons. The maximum absolute atomic E-state index is 12.3. The minimum Gasteiger partial charge on any atom is -0.444 e. The Bertz CT molecular complexity index is 688. The number of hydrogen-bond donors (Lipinski definition) is 0. The number of azide groups is 1. The van der Waals surface area contributed by atoms with Crippen molar-refractivity contribution in [1.29, 1.82) is 0 Å². The molecule has 2 heterocycles. The smallest absolute Gasteiger partial charge is 0.410 e. The maximum atomic E-state index is 12.3. The third kappa shape index (κ3) is 5.26. The summed E-state index contributed by atoms with van der Waals surface area (Å²) in [6.45, 7) is 6.80. The van der Waals surface area contributed by atoms with Gasteiger partial charge in [-0.1, -0.05) is 28.3 Å². The molecular weight excluding hydrogens is 369 g/mol. The summed E-state index contributed by atoms with van der Waals surface area (Å²) in [4.78, 5) is 18.6. The molecule has 1 saturated heterocycles. The Labute approximate surface area is 155 Å². The van der Waals surface area contributed by atoms with E-state index in [-0.39, 0.29) is 22.9 Å². The number of aromatic nitrogens is 2. The number of piperazine rings is 1. The van der Waals surface area contributed by atoms with E-state index < -0.39 is 11.7 Å². The van der Waals surface area contributed by atoms with Gasteiger partial charge in [0.05, 0.1) is 11.7 Å². The number of nitrogens with zero attached hydrogens (tertiary/aromatic N) is 7. The fraction of sp³-hybridized carbons (Fsp3) is 0.643. The Morgan fingerprint density at radius 3 is 2.80 bits per heavy atom. The zero-order chi connectivity index (χ0) is 18.6. The topological polar surface area (TPSA) is 107 Å². The summed E-state index contributed by atoms with van der Waals surface area (Å²) >= 11 is 12.0. The van der Waals surface area contributed by atoms with E-state index in [0.29, 0.717) is 25.3 Å². The van der Waals surface area contributed by atoms with Gasteiger partial charge in [-0.15, -0.1) is 10.2 Å². The van der Waals surface area contributed by atoms with Crippen molar-refractivity contribution in [3.63, 3.8) is 0 Å². The zero-order valence-electron chi connectivity index (χ0n) is 14.2. The molecule has 0 spiro atoms. The van der Waals surface area contributed by atoms with Gasteiger partial charge in [-0.05, 0) is 26.3 Å². The molecular formula is C14H19Cl2N7O2. The predicted octanol–water partition coefficient (Wildman–Crippen LogP) is 3.52. The summed E-state index contributed by atoms with van der Waals surface area (Å²) in [5.41, 5.74) is 8.65. The second kappa shape index (κ2) is 7.95. The van der Waals surface area contributed by atoms with E-state index >= 15 is 0 Å². The van der Waals surface area contributed by atoms with Crippen LogP contribution in [0, 0.1) is 0 Å². The fourth-order valence-corrected chi connectivity index (χ4v) is 2.84. The summed E-state index contributed by atoms with van der Waals surface area (Å²) < 4.78 is 5.41. The molecule has 0 bridgehead atoms. The van der Waals surface area contributed by atoms with E-state index in [2.05, 4.69) is 20.2 Å². The molecule has 1 aromatic rings. The average Bonchev–Trinajstić information content (AvgIpc) is 2.53. The fourth-order valence-electron chi connectivity index (χ4n) is 2.50. The van der Waals surface area contributed by atoms with Crippen molar-refractivity contribution in [1.82, 2.24) is 15.1 Å². The molecule has 0 radical (unpaired) electrons. The summed E-state index contributed by atoms with van der Waals surface area (Å²) in [6.07, 6.45) is -0.407. The standard InChI is InChI=1S/C14H19Cl2N7O2/c1-14(2,3)25-13(24)22-4-5-23(9(8-22)7-18-21-17)10-6-11(15)19-20-12(10)16/h6,9H,4-5,7-8H2,1-3H3.